The average molecular weight is 518 g/mol. The van der Waals surface area contributed by atoms with Gasteiger partial charge in [-0.05, 0) is 31.4 Å². The first kappa shape index (κ1) is 26.1. The Morgan fingerprint density at radius 3 is 2.62 bits per heavy atom. The Balaban J connectivity index is 0.00000420. The van der Waals surface area contributed by atoms with Crippen molar-refractivity contribution in [3.05, 3.63) is 35.9 Å². The highest BCUT2D eigenvalue weighted by Gasteiger charge is 2.20. The van der Waals surface area contributed by atoms with E-state index >= 15 is 0 Å². The lowest BCUT2D eigenvalue weighted by Crippen LogP contribution is -2.51. The van der Waals surface area contributed by atoms with E-state index in [4.69, 9.17) is 9.47 Å². The third kappa shape index (κ3) is 11.8. The van der Waals surface area contributed by atoms with Crippen LogP contribution in [-0.2, 0) is 16.0 Å². The van der Waals surface area contributed by atoms with Crippen molar-refractivity contribution in [3.63, 3.8) is 0 Å². The molecule has 0 saturated carbocycles. The molecule has 1 heterocycles. The summed E-state index contributed by atoms with van der Waals surface area (Å²) in [6, 6.07) is 11.1. The molecule has 0 amide bonds. The Morgan fingerprint density at radius 1 is 1.14 bits per heavy atom. The van der Waals surface area contributed by atoms with Crippen LogP contribution in [0, 0.1) is 0 Å². The molecule has 2 N–H and O–H groups in total. The third-order valence-corrected chi connectivity index (χ3v) is 4.87. The van der Waals surface area contributed by atoms with Gasteiger partial charge in [-0.3, -0.25) is 9.89 Å². The maximum atomic E-state index is 5.60. The van der Waals surface area contributed by atoms with E-state index in [9.17, 15) is 0 Å². The second kappa shape index (κ2) is 16.8. The van der Waals surface area contributed by atoms with Gasteiger partial charge >= 0.3 is 0 Å². The first-order valence-electron chi connectivity index (χ1n) is 10.7. The van der Waals surface area contributed by atoms with Crippen molar-refractivity contribution in [2.24, 2.45) is 4.99 Å². The van der Waals surface area contributed by atoms with Gasteiger partial charge in [-0.15, -0.1) is 24.0 Å². The SMILES string of the molecule is CCCCOCCOCCNC(=NC)NC1CCCN(Cc2ccccc2)C1.I. The van der Waals surface area contributed by atoms with Crippen molar-refractivity contribution in [1.29, 1.82) is 0 Å². The Morgan fingerprint density at radius 2 is 1.90 bits per heavy atom. The summed E-state index contributed by atoms with van der Waals surface area (Å²) in [5.74, 6) is 0.856. The van der Waals surface area contributed by atoms with Crippen molar-refractivity contribution in [2.75, 3.05) is 53.1 Å². The molecular formula is C22H39IN4O2. The molecule has 0 bridgehead atoms. The topological polar surface area (TPSA) is 58.1 Å². The number of ether oxygens (including phenoxy) is 2. The Kier molecular flexibility index (Phi) is 15.2. The molecule has 1 aromatic rings. The van der Waals surface area contributed by atoms with Crippen LogP contribution in [0.3, 0.4) is 0 Å². The molecule has 1 saturated heterocycles. The van der Waals surface area contributed by atoms with Crippen molar-refractivity contribution in [1.82, 2.24) is 15.5 Å². The van der Waals surface area contributed by atoms with Gasteiger partial charge in [-0.2, -0.15) is 0 Å². The van der Waals surface area contributed by atoms with Crippen LogP contribution in [0.4, 0.5) is 0 Å². The first-order chi connectivity index (χ1) is 13.8. The quantitative estimate of drug-likeness (QED) is 0.193. The van der Waals surface area contributed by atoms with Gasteiger partial charge in [0, 0.05) is 39.3 Å². The van der Waals surface area contributed by atoms with Crippen LogP contribution in [-0.4, -0.2) is 70.0 Å². The van der Waals surface area contributed by atoms with E-state index in [1.807, 2.05) is 7.05 Å². The summed E-state index contributed by atoms with van der Waals surface area (Å²) < 4.78 is 11.1. The van der Waals surface area contributed by atoms with Crippen LogP contribution in [0.25, 0.3) is 0 Å². The predicted molar refractivity (Wildman–Crippen MR) is 131 cm³/mol. The monoisotopic (exact) mass is 518 g/mol. The fourth-order valence-corrected chi connectivity index (χ4v) is 3.36. The highest BCUT2D eigenvalue weighted by Crippen LogP contribution is 2.13. The van der Waals surface area contributed by atoms with Crippen molar-refractivity contribution >= 4 is 29.9 Å². The molecule has 1 atom stereocenters. The average Bonchev–Trinajstić information content (AvgIpc) is 2.72. The molecular weight excluding hydrogens is 479 g/mol. The number of aliphatic imine (C=N–C) groups is 1. The maximum Gasteiger partial charge on any atom is 0.191 e. The zero-order chi connectivity index (χ0) is 19.9. The molecule has 7 heteroatoms. The number of likely N-dealkylation sites (tertiary alicyclic amines) is 1. The van der Waals surface area contributed by atoms with E-state index < -0.39 is 0 Å². The minimum absolute atomic E-state index is 0. The highest BCUT2D eigenvalue weighted by molar-refractivity contribution is 14.0. The zero-order valence-electron chi connectivity index (χ0n) is 18.1. The summed E-state index contributed by atoms with van der Waals surface area (Å²) in [7, 11) is 1.82. The number of hydrogen-bond donors (Lipinski definition) is 2. The van der Waals surface area contributed by atoms with Crippen molar-refractivity contribution in [3.8, 4) is 0 Å². The van der Waals surface area contributed by atoms with E-state index in [-0.39, 0.29) is 24.0 Å². The summed E-state index contributed by atoms with van der Waals surface area (Å²) >= 11 is 0. The van der Waals surface area contributed by atoms with Gasteiger partial charge in [0.15, 0.2) is 5.96 Å². The summed E-state index contributed by atoms with van der Waals surface area (Å²) in [6.45, 7) is 8.93. The first-order valence-corrected chi connectivity index (χ1v) is 10.7. The van der Waals surface area contributed by atoms with Gasteiger partial charge in [-0.1, -0.05) is 43.7 Å². The Labute approximate surface area is 193 Å². The number of nitrogens with zero attached hydrogens (tertiary/aromatic N) is 2. The van der Waals surface area contributed by atoms with Crippen molar-refractivity contribution in [2.45, 2.75) is 45.2 Å². The van der Waals surface area contributed by atoms with Crippen LogP contribution in [0.1, 0.15) is 38.2 Å². The van der Waals surface area contributed by atoms with Gasteiger partial charge in [0.2, 0.25) is 0 Å². The van der Waals surface area contributed by atoms with Gasteiger partial charge < -0.3 is 20.1 Å². The van der Waals surface area contributed by atoms with E-state index in [1.165, 1.54) is 24.8 Å². The number of guanidine groups is 1. The molecule has 1 unspecified atom stereocenters. The molecule has 29 heavy (non-hydrogen) atoms. The van der Waals surface area contributed by atoms with Crippen LogP contribution in [0.2, 0.25) is 0 Å². The Bertz CT molecular complexity index is 545. The normalized spacial score (nSPS) is 17.6. The fourth-order valence-electron chi connectivity index (χ4n) is 3.36. The van der Waals surface area contributed by atoms with Gasteiger partial charge in [-0.25, -0.2) is 0 Å². The summed E-state index contributed by atoms with van der Waals surface area (Å²) in [5.41, 5.74) is 1.38. The molecule has 1 aliphatic heterocycles. The van der Waals surface area contributed by atoms with Crippen LogP contribution < -0.4 is 10.6 Å². The second-order valence-electron chi connectivity index (χ2n) is 7.28. The fraction of sp³-hybridized carbons (Fsp3) is 0.682. The number of piperidine rings is 1. The number of benzene rings is 1. The van der Waals surface area contributed by atoms with Crippen LogP contribution in [0.5, 0.6) is 0 Å². The summed E-state index contributed by atoms with van der Waals surface area (Å²) in [4.78, 5) is 6.87. The van der Waals surface area contributed by atoms with Crippen molar-refractivity contribution < 1.29 is 9.47 Å². The molecule has 0 aliphatic carbocycles. The molecule has 1 aliphatic rings. The van der Waals surface area contributed by atoms with E-state index in [2.05, 4.69) is 57.8 Å². The third-order valence-electron chi connectivity index (χ3n) is 4.87. The largest absolute Gasteiger partial charge is 0.379 e. The van der Waals surface area contributed by atoms with Gasteiger partial charge in [0.05, 0.1) is 19.8 Å². The van der Waals surface area contributed by atoms with E-state index in [1.54, 1.807) is 0 Å². The van der Waals surface area contributed by atoms with E-state index in [0.717, 1.165) is 45.2 Å². The number of halogens is 1. The molecule has 1 aromatic carbocycles. The number of unbranched alkanes of at least 4 members (excludes halogenated alkanes) is 1. The number of rotatable bonds is 12. The minimum Gasteiger partial charge on any atom is -0.379 e. The molecule has 0 radical (unpaired) electrons. The molecule has 2 rings (SSSR count). The standard InChI is InChI=1S/C22H38N4O2.HI/c1-3-4-14-27-16-17-28-15-12-24-22(23-2)25-21-11-8-13-26(19-21)18-20-9-6-5-7-10-20;/h5-7,9-10,21H,3-4,8,11-19H2,1-2H3,(H2,23,24,25);1H. The number of hydrogen-bond acceptors (Lipinski definition) is 4. The van der Waals surface area contributed by atoms with E-state index in [0.29, 0.717) is 25.9 Å². The highest BCUT2D eigenvalue weighted by atomic mass is 127. The predicted octanol–water partition coefficient (Wildman–Crippen LogP) is 3.27. The molecule has 1 fully saturated rings. The summed E-state index contributed by atoms with van der Waals surface area (Å²) in [6.07, 6.45) is 4.68. The molecule has 166 valence electrons. The van der Waals surface area contributed by atoms with Crippen LogP contribution >= 0.6 is 24.0 Å². The molecule has 0 spiro atoms. The Hall–Kier alpha value is -0.900. The smallest absolute Gasteiger partial charge is 0.191 e. The van der Waals surface area contributed by atoms with Gasteiger partial charge in [0.1, 0.15) is 0 Å². The number of nitrogens with one attached hydrogen (secondary N) is 2. The lowest BCUT2D eigenvalue weighted by Gasteiger charge is -2.34. The molecule has 0 aromatic heterocycles. The van der Waals surface area contributed by atoms with Gasteiger partial charge in [0.25, 0.3) is 0 Å². The second-order valence-corrected chi connectivity index (χ2v) is 7.28. The lowest BCUT2D eigenvalue weighted by atomic mass is 10.0. The lowest BCUT2D eigenvalue weighted by molar-refractivity contribution is 0.0487. The van der Waals surface area contributed by atoms with Crippen LogP contribution in [0.15, 0.2) is 35.3 Å². The maximum absolute atomic E-state index is 5.60. The summed E-state index contributed by atoms with van der Waals surface area (Å²) in [5, 5.41) is 6.91. The molecule has 6 nitrogen and oxygen atoms in total. The zero-order valence-corrected chi connectivity index (χ0v) is 20.4. The minimum atomic E-state index is 0.